The van der Waals surface area contributed by atoms with Crippen molar-refractivity contribution in [3.05, 3.63) is 71.8 Å². The molecule has 0 amide bonds. The van der Waals surface area contributed by atoms with Crippen molar-refractivity contribution in [1.29, 1.82) is 0 Å². The molecule has 0 aliphatic rings. The molecule has 0 atom stereocenters. The Morgan fingerprint density at radius 2 is 1.82 bits per heavy atom. The summed E-state index contributed by atoms with van der Waals surface area (Å²) in [5.41, 5.74) is 2.49. The van der Waals surface area contributed by atoms with Crippen molar-refractivity contribution in [2.75, 3.05) is 7.11 Å². The van der Waals surface area contributed by atoms with Crippen LogP contribution < -0.4 is 4.74 Å². The molecule has 0 unspecified atom stereocenters. The Hall–Kier alpha value is -2.02. The molecule has 2 aromatic carbocycles. The molecule has 0 saturated carbocycles. The molecule has 1 heteroatoms. The highest BCUT2D eigenvalue weighted by Gasteiger charge is 1.91. The number of ether oxygens (including phenoxy) is 1. The Morgan fingerprint density at radius 3 is 2.59 bits per heavy atom. The second-order valence-corrected chi connectivity index (χ2v) is 3.87. The van der Waals surface area contributed by atoms with Crippen molar-refractivity contribution < 1.29 is 4.74 Å². The van der Waals surface area contributed by atoms with E-state index in [9.17, 15) is 0 Å². The second kappa shape index (κ2) is 5.90. The highest BCUT2D eigenvalue weighted by molar-refractivity contribution is 5.52. The Balaban J connectivity index is 2.00. The third-order valence-corrected chi connectivity index (χ3v) is 2.60. The Kier molecular flexibility index (Phi) is 3.98. The largest absolute Gasteiger partial charge is 0.497 e. The second-order valence-electron chi connectivity index (χ2n) is 3.87. The predicted molar refractivity (Wildman–Crippen MR) is 72.2 cm³/mol. The predicted octanol–water partition coefficient (Wildman–Crippen LogP) is 3.95. The topological polar surface area (TPSA) is 9.23 Å². The maximum absolute atomic E-state index is 5.19. The molecule has 2 aromatic rings. The van der Waals surface area contributed by atoms with E-state index in [4.69, 9.17) is 4.74 Å². The fraction of sp³-hybridized carbons (Fsp3) is 0.125. The van der Waals surface area contributed by atoms with E-state index in [1.54, 1.807) is 7.11 Å². The first-order valence-corrected chi connectivity index (χ1v) is 5.73. The number of methoxy groups -OCH3 is 1. The monoisotopic (exact) mass is 224 g/mol. The molecule has 0 aromatic heterocycles. The van der Waals surface area contributed by atoms with Gasteiger partial charge in [0.15, 0.2) is 0 Å². The van der Waals surface area contributed by atoms with Crippen LogP contribution in [0.3, 0.4) is 0 Å². The van der Waals surface area contributed by atoms with Gasteiger partial charge in [0.25, 0.3) is 0 Å². The molecule has 86 valence electrons. The number of hydrogen-bond donors (Lipinski definition) is 0. The van der Waals surface area contributed by atoms with E-state index >= 15 is 0 Å². The normalized spacial score (nSPS) is 10.6. The van der Waals surface area contributed by atoms with E-state index in [0.29, 0.717) is 0 Å². The number of benzene rings is 2. The minimum atomic E-state index is 0.895. The van der Waals surface area contributed by atoms with Crippen molar-refractivity contribution in [3.8, 4) is 5.75 Å². The summed E-state index contributed by atoms with van der Waals surface area (Å²) >= 11 is 0. The summed E-state index contributed by atoms with van der Waals surface area (Å²) in [5.74, 6) is 0.895. The van der Waals surface area contributed by atoms with Gasteiger partial charge < -0.3 is 4.74 Å². The summed E-state index contributed by atoms with van der Waals surface area (Å²) < 4.78 is 5.19. The van der Waals surface area contributed by atoms with Gasteiger partial charge in [0, 0.05) is 0 Å². The summed E-state index contributed by atoms with van der Waals surface area (Å²) in [6.07, 6.45) is 5.25. The summed E-state index contributed by atoms with van der Waals surface area (Å²) in [4.78, 5) is 0. The van der Waals surface area contributed by atoms with Gasteiger partial charge in [-0.05, 0) is 29.7 Å². The minimum absolute atomic E-state index is 0.895. The molecule has 0 aliphatic heterocycles. The van der Waals surface area contributed by atoms with E-state index in [1.807, 2.05) is 24.3 Å². The Morgan fingerprint density at radius 1 is 1.00 bits per heavy atom. The summed E-state index contributed by atoms with van der Waals surface area (Å²) in [6.45, 7) is 0. The molecular formula is C16H16O. The molecule has 0 heterocycles. The van der Waals surface area contributed by atoms with Gasteiger partial charge in [0.1, 0.15) is 5.75 Å². The number of hydrogen-bond acceptors (Lipinski definition) is 1. The minimum Gasteiger partial charge on any atom is -0.497 e. The van der Waals surface area contributed by atoms with Crippen molar-refractivity contribution in [2.24, 2.45) is 0 Å². The zero-order valence-corrected chi connectivity index (χ0v) is 9.97. The first-order valence-electron chi connectivity index (χ1n) is 5.73. The van der Waals surface area contributed by atoms with Gasteiger partial charge in [0.05, 0.1) is 7.11 Å². The lowest BCUT2D eigenvalue weighted by Gasteiger charge is -2.00. The van der Waals surface area contributed by atoms with Crippen molar-refractivity contribution >= 4 is 6.08 Å². The SMILES string of the molecule is COc1cccc(/C=C/Cc2ccccc2)c1. The van der Waals surface area contributed by atoms with E-state index in [0.717, 1.165) is 12.2 Å². The first kappa shape index (κ1) is 11.5. The summed E-state index contributed by atoms with van der Waals surface area (Å²) in [7, 11) is 1.69. The lowest BCUT2D eigenvalue weighted by Crippen LogP contribution is -1.83. The van der Waals surface area contributed by atoms with Crippen LogP contribution in [0.5, 0.6) is 5.75 Å². The van der Waals surface area contributed by atoms with Gasteiger partial charge >= 0.3 is 0 Å². The average molecular weight is 224 g/mol. The molecule has 0 saturated heterocycles. The third kappa shape index (κ3) is 3.49. The summed E-state index contributed by atoms with van der Waals surface area (Å²) in [5, 5.41) is 0. The molecular weight excluding hydrogens is 208 g/mol. The molecule has 0 fully saturated rings. The highest BCUT2D eigenvalue weighted by atomic mass is 16.5. The zero-order valence-electron chi connectivity index (χ0n) is 9.97. The van der Waals surface area contributed by atoms with Crippen LogP contribution in [0.4, 0.5) is 0 Å². The van der Waals surface area contributed by atoms with E-state index in [2.05, 4.69) is 42.5 Å². The van der Waals surface area contributed by atoms with Crippen molar-refractivity contribution in [3.63, 3.8) is 0 Å². The smallest absolute Gasteiger partial charge is 0.119 e. The van der Waals surface area contributed by atoms with Crippen LogP contribution in [0, 0.1) is 0 Å². The van der Waals surface area contributed by atoms with Gasteiger partial charge in [-0.3, -0.25) is 0 Å². The van der Waals surface area contributed by atoms with Gasteiger partial charge in [-0.2, -0.15) is 0 Å². The average Bonchev–Trinajstić information content (AvgIpc) is 2.40. The van der Waals surface area contributed by atoms with Crippen LogP contribution in [0.2, 0.25) is 0 Å². The molecule has 0 N–H and O–H groups in total. The molecule has 0 aliphatic carbocycles. The van der Waals surface area contributed by atoms with E-state index < -0.39 is 0 Å². The third-order valence-electron chi connectivity index (χ3n) is 2.60. The maximum Gasteiger partial charge on any atom is 0.119 e. The molecule has 17 heavy (non-hydrogen) atoms. The molecule has 2 rings (SSSR count). The molecule has 0 radical (unpaired) electrons. The molecule has 1 nitrogen and oxygen atoms in total. The standard InChI is InChI=1S/C16H16O/c1-17-16-12-6-11-15(13-16)10-5-9-14-7-3-2-4-8-14/h2-8,10-13H,9H2,1H3/b10-5+. The lowest BCUT2D eigenvalue weighted by molar-refractivity contribution is 0.414. The lowest BCUT2D eigenvalue weighted by atomic mass is 10.1. The van der Waals surface area contributed by atoms with Crippen LogP contribution in [0.15, 0.2) is 60.7 Å². The highest BCUT2D eigenvalue weighted by Crippen LogP contribution is 2.14. The van der Waals surface area contributed by atoms with Crippen LogP contribution in [-0.2, 0) is 6.42 Å². The van der Waals surface area contributed by atoms with Gasteiger partial charge in [-0.25, -0.2) is 0 Å². The van der Waals surface area contributed by atoms with Gasteiger partial charge in [-0.15, -0.1) is 0 Å². The fourth-order valence-corrected chi connectivity index (χ4v) is 1.69. The van der Waals surface area contributed by atoms with Gasteiger partial charge in [-0.1, -0.05) is 54.6 Å². The molecule has 0 spiro atoms. The van der Waals surface area contributed by atoms with Crippen molar-refractivity contribution in [1.82, 2.24) is 0 Å². The fourth-order valence-electron chi connectivity index (χ4n) is 1.69. The zero-order chi connectivity index (χ0) is 11.9. The molecule has 0 bridgehead atoms. The van der Waals surface area contributed by atoms with Crippen LogP contribution in [0.1, 0.15) is 11.1 Å². The maximum atomic E-state index is 5.19. The van der Waals surface area contributed by atoms with E-state index in [-0.39, 0.29) is 0 Å². The number of allylic oxidation sites excluding steroid dienone is 1. The van der Waals surface area contributed by atoms with E-state index in [1.165, 1.54) is 11.1 Å². The summed E-state index contributed by atoms with van der Waals surface area (Å²) in [6, 6.07) is 18.5. The van der Waals surface area contributed by atoms with Gasteiger partial charge in [0.2, 0.25) is 0 Å². The first-order chi connectivity index (χ1) is 8.38. The van der Waals surface area contributed by atoms with Crippen LogP contribution in [-0.4, -0.2) is 7.11 Å². The quantitative estimate of drug-likeness (QED) is 0.764. The Bertz CT molecular complexity index is 486. The van der Waals surface area contributed by atoms with Crippen LogP contribution in [0.25, 0.3) is 6.08 Å². The van der Waals surface area contributed by atoms with Crippen LogP contribution >= 0.6 is 0 Å². The Labute approximate surface area is 102 Å². The number of rotatable bonds is 4. The van der Waals surface area contributed by atoms with Crippen molar-refractivity contribution in [2.45, 2.75) is 6.42 Å².